The number of carbonyl (C=O) groups excluding carboxylic acids is 2. The van der Waals surface area contributed by atoms with Crippen molar-refractivity contribution >= 4 is 29.9 Å². The number of ketones is 1. The largest absolute Gasteiger partial charge is 0.351 e. The number of hydrogen-bond acceptors (Lipinski definition) is 3. The van der Waals surface area contributed by atoms with E-state index in [1.54, 1.807) is 35.2 Å². The van der Waals surface area contributed by atoms with Crippen LogP contribution in [0.4, 0.5) is 14.9 Å². The van der Waals surface area contributed by atoms with E-state index >= 15 is 0 Å². The van der Waals surface area contributed by atoms with E-state index in [0.29, 0.717) is 29.9 Å². The minimum atomic E-state index is -0.509. The minimum Gasteiger partial charge on any atom is -0.351 e. The molecule has 1 saturated carbocycles. The Kier molecular flexibility index (Phi) is 8.14. The summed E-state index contributed by atoms with van der Waals surface area (Å²) >= 11 is 0. The average molecular weight is 474 g/mol. The molecule has 1 atom stereocenters. The first-order chi connectivity index (χ1) is 15.4. The Morgan fingerprint density at radius 2 is 1.85 bits per heavy atom. The van der Waals surface area contributed by atoms with Gasteiger partial charge in [0.15, 0.2) is 5.78 Å². The van der Waals surface area contributed by atoms with Crippen LogP contribution in [0.3, 0.4) is 0 Å². The summed E-state index contributed by atoms with van der Waals surface area (Å²) in [4.78, 5) is 25.4. The van der Waals surface area contributed by atoms with Crippen LogP contribution in [0, 0.1) is 11.2 Å². The number of hydrogen-bond donors (Lipinski definition) is 2. The van der Waals surface area contributed by atoms with Crippen molar-refractivity contribution in [2.45, 2.75) is 64.0 Å². The number of benzene rings is 2. The Hall–Kier alpha value is -2.44. The molecule has 2 aromatic carbocycles. The molecule has 0 spiro atoms. The lowest BCUT2D eigenvalue weighted by atomic mass is 9.60. The number of fused-ring (bicyclic) bond motifs is 3. The lowest BCUT2D eigenvalue weighted by molar-refractivity contribution is 0.0330. The number of rotatable bonds is 8. The predicted molar refractivity (Wildman–Crippen MR) is 132 cm³/mol. The van der Waals surface area contributed by atoms with E-state index in [2.05, 4.69) is 5.32 Å². The number of carbonyl (C=O) groups is 2. The SMILES string of the molecule is CC(=O)c1cccc(N(CCCC2NC3CCC2(Cc2ccc(F)cc2)CC3)C(N)=O)c1.Cl. The van der Waals surface area contributed by atoms with Crippen molar-refractivity contribution in [1.82, 2.24) is 5.32 Å². The Labute approximate surface area is 201 Å². The van der Waals surface area contributed by atoms with Crippen LogP contribution in [0.25, 0.3) is 0 Å². The van der Waals surface area contributed by atoms with Gasteiger partial charge in [0.2, 0.25) is 0 Å². The summed E-state index contributed by atoms with van der Waals surface area (Å²) in [6, 6.07) is 14.4. The van der Waals surface area contributed by atoms with Crippen molar-refractivity contribution in [2.24, 2.45) is 11.1 Å². The fourth-order valence-electron chi connectivity index (χ4n) is 5.58. The molecule has 2 heterocycles. The van der Waals surface area contributed by atoms with Crippen LogP contribution in [0.2, 0.25) is 0 Å². The van der Waals surface area contributed by atoms with Crippen molar-refractivity contribution in [3.8, 4) is 0 Å². The van der Waals surface area contributed by atoms with Gasteiger partial charge in [0, 0.05) is 29.9 Å². The molecule has 7 heteroatoms. The number of nitrogens with two attached hydrogens (primary N) is 1. The zero-order chi connectivity index (χ0) is 22.7. The molecule has 33 heavy (non-hydrogen) atoms. The zero-order valence-electron chi connectivity index (χ0n) is 19.1. The first-order valence-electron chi connectivity index (χ1n) is 11.5. The summed E-state index contributed by atoms with van der Waals surface area (Å²) in [5.41, 5.74) is 8.24. The van der Waals surface area contributed by atoms with E-state index in [9.17, 15) is 14.0 Å². The van der Waals surface area contributed by atoms with E-state index in [1.807, 2.05) is 18.2 Å². The summed E-state index contributed by atoms with van der Waals surface area (Å²) in [5.74, 6) is -0.241. The molecule has 3 N–H and O–H groups in total. The summed E-state index contributed by atoms with van der Waals surface area (Å²) < 4.78 is 13.4. The average Bonchev–Trinajstić information content (AvgIpc) is 2.79. The first-order valence-corrected chi connectivity index (χ1v) is 11.5. The third-order valence-corrected chi connectivity index (χ3v) is 7.33. The van der Waals surface area contributed by atoms with Gasteiger partial charge >= 0.3 is 6.03 Å². The molecular formula is C26H33ClFN3O2. The van der Waals surface area contributed by atoms with Gasteiger partial charge in [-0.25, -0.2) is 9.18 Å². The number of piperidine rings is 2. The molecule has 2 aliphatic heterocycles. The number of Topliss-reactive ketones (excluding diaryl/α,β-unsaturated/α-hetero) is 1. The smallest absolute Gasteiger partial charge is 0.319 e. The van der Waals surface area contributed by atoms with Crippen LogP contribution in [-0.2, 0) is 6.42 Å². The fourth-order valence-corrected chi connectivity index (χ4v) is 5.58. The Morgan fingerprint density at radius 1 is 1.15 bits per heavy atom. The molecule has 3 aliphatic rings. The lowest BCUT2D eigenvalue weighted by Crippen LogP contribution is -2.59. The van der Waals surface area contributed by atoms with Gasteiger partial charge in [-0.05, 0) is 87.1 Å². The van der Waals surface area contributed by atoms with Crippen LogP contribution in [-0.4, -0.2) is 30.4 Å². The van der Waals surface area contributed by atoms with Gasteiger partial charge in [0.05, 0.1) is 0 Å². The van der Waals surface area contributed by atoms with E-state index in [1.165, 1.54) is 38.2 Å². The molecule has 1 aliphatic carbocycles. The third kappa shape index (κ3) is 5.74. The summed E-state index contributed by atoms with van der Waals surface area (Å²) in [5, 5.41) is 3.84. The highest BCUT2D eigenvalue weighted by molar-refractivity contribution is 5.97. The molecule has 2 amide bonds. The second-order valence-electron chi connectivity index (χ2n) is 9.40. The minimum absolute atomic E-state index is 0. The van der Waals surface area contributed by atoms with Gasteiger partial charge in [-0.15, -0.1) is 12.4 Å². The van der Waals surface area contributed by atoms with Crippen LogP contribution < -0.4 is 16.0 Å². The molecule has 178 valence electrons. The van der Waals surface area contributed by atoms with E-state index in [4.69, 9.17) is 5.73 Å². The molecule has 1 unspecified atom stereocenters. The fraction of sp³-hybridized carbons (Fsp3) is 0.462. The van der Waals surface area contributed by atoms with Crippen LogP contribution in [0.1, 0.15) is 61.4 Å². The molecule has 2 bridgehead atoms. The van der Waals surface area contributed by atoms with Crippen molar-refractivity contribution in [1.29, 1.82) is 0 Å². The van der Waals surface area contributed by atoms with Crippen molar-refractivity contribution in [3.05, 3.63) is 65.5 Å². The monoisotopic (exact) mass is 473 g/mol. The predicted octanol–water partition coefficient (Wildman–Crippen LogP) is 5.26. The zero-order valence-corrected chi connectivity index (χ0v) is 19.9. The molecule has 3 fully saturated rings. The van der Waals surface area contributed by atoms with E-state index in [0.717, 1.165) is 19.3 Å². The second-order valence-corrected chi connectivity index (χ2v) is 9.40. The van der Waals surface area contributed by atoms with Crippen LogP contribution in [0.15, 0.2) is 48.5 Å². The molecule has 0 radical (unpaired) electrons. The van der Waals surface area contributed by atoms with Gasteiger partial charge in [0.1, 0.15) is 5.82 Å². The van der Waals surface area contributed by atoms with Crippen LogP contribution >= 0.6 is 12.4 Å². The topological polar surface area (TPSA) is 75.4 Å². The van der Waals surface area contributed by atoms with Crippen molar-refractivity contribution in [3.63, 3.8) is 0 Å². The normalized spacial score (nSPS) is 23.6. The lowest BCUT2D eigenvalue weighted by Gasteiger charge is -2.53. The summed E-state index contributed by atoms with van der Waals surface area (Å²) in [6.07, 6.45) is 7.40. The van der Waals surface area contributed by atoms with Crippen molar-refractivity contribution in [2.75, 3.05) is 11.4 Å². The highest BCUT2D eigenvalue weighted by Gasteiger charge is 2.46. The maximum absolute atomic E-state index is 13.4. The third-order valence-electron chi connectivity index (χ3n) is 7.33. The maximum Gasteiger partial charge on any atom is 0.319 e. The summed E-state index contributed by atoms with van der Waals surface area (Å²) in [6.45, 7) is 2.02. The Balaban J connectivity index is 0.00000306. The molecule has 2 saturated heterocycles. The second kappa shape index (κ2) is 10.7. The van der Waals surface area contributed by atoms with Crippen LogP contribution in [0.5, 0.6) is 0 Å². The summed E-state index contributed by atoms with van der Waals surface area (Å²) in [7, 11) is 0. The molecule has 5 nitrogen and oxygen atoms in total. The number of amides is 2. The molecule has 0 aromatic heterocycles. The Bertz CT molecular complexity index is 974. The number of primary amides is 1. The quantitative estimate of drug-likeness (QED) is 0.513. The first kappa shape index (κ1) is 25.2. The number of anilines is 1. The van der Waals surface area contributed by atoms with Gasteiger partial charge in [-0.1, -0.05) is 24.3 Å². The van der Waals surface area contributed by atoms with E-state index < -0.39 is 6.03 Å². The van der Waals surface area contributed by atoms with Gasteiger partial charge < -0.3 is 11.1 Å². The maximum atomic E-state index is 13.4. The van der Waals surface area contributed by atoms with Gasteiger partial charge in [0.25, 0.3) is 0 Å². The number of halogens is 2. The number of urea groups is 1. The Morgan fingerprint density at radius 3 is 2.48 bits per heavy atom. The molecular weight excluding hydrogens is 441 g/mol. The standard InChI is InChI=1S/C26H32FN3O2.ClH/c1-18(31)20-4-2-5-23(16-20)30(25(28)32)15-3-6-24-26(13-11-22(29-24)12-14-26)17-19-7-9-21(27)10-8-19;/h2,4-5,7-10,16,22,24,29H,3,6,11-15,17H2,1H3,(H2,28,32);1H. The number of nitrogens with zero attached hydrogens (tertiary/aromatic N) is 1. The van der Waals surface area contributed by atoms with E-state index in [-0.39, 0.29) is 29.4 Å². The highest BCUT2D eigenvalue weighted by Crippen LogP contribution is 2.47. The molecule has 5 rings (SSSR count). The highest BCUT2D eigenvalue weighted by atomic mass is 35.5. The molecule has 2 aromatic rings. The van der Waals surface area contributed by atoms with Crippen molar-refractivity contribution < 1.29 is 14.0 Å². The van der Waals surface area contributed by atoms with Gasteiger partial charge in [-0.2, -0.15) is 0 Å². The number of nitrogens with one attached hydrogen (secondary N) is 1. The van der Waals surface area contributed by atoms with Gasteiger partial charge in [-0.3, -0.25) is 9.69 Å².